The zero-order valence-electron chi connectivity index (χ0n) is 8.20. The van der Waals surface area contributed by atoms with Crippen LogP contribution in [0.5, 0.6) is 5.75 Å². The highest BCUT2D eigenvalue weighted by Crippen LogP contribution is 2.20. The molecule has 0 radical (unpaired) electrons. The first-order chi connectivity index (χ1) is 6.05. The van der Waals surface area contributed by atoms with Crippen LogP contribution in [-0.2, 0) is 4.79 Å². The minimum absolute atomic E-state index is 0.744. The largest absolute Gasteiger partial charge is 0.480 e. The van der Waals surface area contributed by atoms with E-state index in [0.717, 1.165) is 17.6 Å². The van der Waals surface area contributed by atoms with Crippen LogP contribution >= 0.6 is 0 Å². The summed E-state index contributed by atoms with van der Waals surface area (Å²) in [7, 11) is 0. The number of benzene rings is 1. The van der Waals surface area contributed by atoms with Gasteiger partial charge in [-0.05, 0) is 32.4 Å². The minimum atomic E-state index is -0.744. The second-order valence-corrected chi connectivity index (χ2v) is 3.59. The molecule has 0 aromatic heterocycles. The Bertz CT molecular complexity index is 303. The van der Waals surface area contributed by atoms with Crippen molar-refractivity contribution in [3.05, 3.63) is 29.8 Å². The molecule has 1 aromatic rings. The van der Waals surface area contributed by atoms with Gasteiger partial charge in [0.1, 0.15) is 5.75 Å². The molecule has 0 bridgehead atoms. The lowest BCUT2D eigenvalue weighted by molar-refractivity contribution is -0.119. The van der Waals surface area contributed by atoms with Gasteiger partial charge in [0.15, 0.2) is 11.9 Å². The van der Waals surface area contributed by atoms with Gasteiger partial charge in [0.25, 0.3) is 0 Å². The Morgan fingerprint density at radius 3 is 2.46 bits per heavy atom. The highest BCUT2D eigenvalue weighted by Gasteiger charge is 2.18. The maximum absolute atomic E-state index is 10.6. The number of ether oxygens (including phenoxy) is 1. The Kier molecular flexibility index (Phi) is 2.71. The molecule has 2 nitrogen and oxygen atoms in total. The molecule has 0 N–H and O–H groups in total. The van der Waals surface area contributed by atoms with Crippen molar-refractivity contribution in [2.45, 2.75) is 26.4 Å². The van der Waals surface area contributed by atoms with Crippen LogP contribution in [0.2, 0.25) is 0 Å². The summed E-state index contributed by atoms with van der Waals surface area (Å²) in [5.74, 6) is 0.764. The number of carbonyl (C=O) groups excluding carboxylic acids is 1. The molecule has 0 saturated heterocycles. The maximum atomic E-state index is 10.6. The molecule has 0 spiro atoms. The third kappa shape index (κ3) is 2.58. The summed E-state index contributed by atoms with van der Waals surface area (Å²) in [6.45, 7) is 5.44. The molecule has 0 aliphatic carbocycles. The van der Waals surface area contributed by atoms with Crippen LogP contribution in [0.1, 0.15) is 19.4 Å². The number of rotatable bonds is 3. The Morgan fingerprint density at radius 2 is 1.92 bits per heavy atom. The Morgan fingerprint density at radius 1 is 1.31 bits per heavy atom. The normalized spacial score (nSPS) is 11.0. The first-order valence-electron chi connectivity index (χ1n) is 4.26. The highest BCUT2D eigenvalue weighted by atomic mass is 16.5. The Balaban J connectivity index is 2.86. The molecule has 0 unspecified atom stereocenters. The first kappa shape index (κ1) is 9.78. The van der Waals surface area contributed by atoms with Gasteiger partial charge in [-0.3, -0.25) is 4.79 Å². The van der Waals surface area contributed by atoms with Crippen molar-refractivity contribution < 1.29 is 9.53 Å². The van der Waals surface area contributed by atoms with Gasteiger partial charge in [0, 0.05) is 0 Å². The zero-order chi connectivity index (χ0) is 9.90. The average molecular weight is 178 g/mol. The van der Waals surface area contributed by atoms with Gasteiger partial charge in [0.05, 0.1) is 0 Å². The number of aldehydes is 1. The van der Waals surface area contributed by atoms with Crippen LogP contribution in [0.15, 0.2) is 24.3 Å². The molecule has 1 aromatic carbocycles. The minimum Gasteiger partial charge on any atom is -0.480 e. The van der Waals surface area contributed by atoms with E-state index in [9.17, 15) is 4.79 Å². The lowest BCUT2D eigenvalue weighted by atomic mass is 10.1. The maximum Gasteiger partial charge on any atom is 0.162 e. The molecule has 2 heteroatoms. The number of aryl methyl sites for hydroxylation is 1. The summed E-state index contributed by atoms with van der Waals surface area (Å²) in [5.41, 5.74) is 0.295. The van der Waals surface area contributed by atoms with Crippen molar-refractivity contribution in [2.75, 3.05) is 0 Å². The smallest absolute Gasteiger partial charge is 0.162 e. The van der Waals surface area contributed by atoms with Gasteiger partial charge in [-0.2, -0.15) is 0 Å². The van der Waals surface area contributed by atoms with E-state index in [0.29, 0.717) is 0 Å². The second-order valence-electron chi connectivity index (χ2n) is 3.59. The van der Waals surface area contributed by atoms with E-state index in [1.165, 1.54) is 0 Å². The lowest BCUT2D eigenvalue weighted by Gasteiger charge is -2.20. The van der Waals surface area contributed by atoms with Crippen LogP contribution in [-0.4, -0.2) is 11.9 Å². The van der Waals surface area contributed by atoms with Gasteiger partial charge in [-0.1, -0.05) is 18.2 Å². The summed E-state index contributed by atoms with van der Waals surface area (Å²) in [6, 6.07) is 7.65. The fourth-order valence-corrected chi connectivity index (χ4v) is 0.978. The van der Waals surface area contributed by atoms with Crippen molar-refractivity contribution in [1.29, 1.82) is 0 Å². The van der Waals surface area contributed by atoms with Crippen LogP contribution in [0.3, 0.4) is 0 Å². The Labute approximate surface area is 78.5 Å². The summed E-state index contributed by atoms with van der Waals surface area (Å²) < 4.78 is 5.51. The standard InChI is InChI=1S/C11H14O2/c1-9-6-4-5-7-10(9)13-11(2,3)8-12/h4-8H,1-3H3. The molecule has 0 amide bonds. The quantitative estimate of drug-likeness (QED) is 0.664. The van der Waals surface area contributed by atoms with Gasteiger partial charge in [-0.15, -0.1) is 0 Å². The number of hydrogen-bond acceptors (Lipinski definition) is 2. The predicted molar refractivity (Wildman–Crippen MR) is 52.0 cm³/mol. The lowest BCUT2D eigenvalue weighted by Crippen LogP contribution is -2.29. The number of carbonyl (C=O) groups is 1. The van der Waals surface area contributed by atoms with E-state index < -0.39 is 5.60 Å². The van der Waals surface area contributed by atoms with Crippen molar-refractivity contribution in [2.24, 2.45) is 0 Å². The van der Waals surface area contributed by atoms with E-state index in [1.807, 2.05) is 31.2 Å². The molecule has 0 aliphatic heterocycles. The van der Waals surface area contributed by atoms with Crippen LogP contribution < -0.4 is 4.74 Å². The van der Waals surface area contributed by atoms with Crippen LogP contribution in [0.25, 0.3) is 0 Å². The molecular weight excluding hydrogens is 164 g/mol. The van der Waals surface area contributed by atoms with Gasteiger partial charge in [-0.25, -0.2) is 0 Å². The van der Waals surface area contributed by atoms with E-state index in [4.69, 9.17) is 4.74 Å². The first-order valence-corrected chi connectivity index (χ1v) is 4.26. The van der Waals surface area contributed by atoms with Gasteiger partial charge in [0.2, 0.25) is 0 Å². The molecule has 0 saturated carbocycles. The van der Waals surface area contributed by atoms with Crippen LogP contribution in [0, 0.1) is 6.92 Å². The van der Waals surface area contributed by atoms with Crippen LogP contribution in [0.4, 0.5) is 0 Å². The third-order valence-corrected chi connectivity index (χ3v) is 1.75. The molecule has 0 fully saturated rings. The molecule has 1 rings (SSSR count). The highest BCUT2D eigenvalue weighted by molar-refractivity contribution is 5.61. The zero-order valence-corrected chi connectivity index (χ0v) is 8.20. The van der Waals surface area contributed by atoms with Crippen molar-refractivity contribution >= 4 is 6.29 Å². The predicted octanol–water partition coefficient (Wildman–Crippen LogP) is 2.35. The summed E-state index contributed by atoms with van der Waals surface area (Å²) in [5, 5.41) is 0. The van der Waals surface area contributed by atoms with Crippen molar-refractivity contribution in [3.63, 3.8) is 0 Å². The monoisotopic (exact) mass is 178 g/mol. The van der Waals surface area contributed by atoms with E-state index in [2.05, 4.69) is 0 Å². The number of hydrogen-bond donors (Lipinski definition) is 0. The summed E-state index contributed by atoms with van der Waals surface area (Å²) >= 11 is 0. The topological polar surface area (TPSA) is 26.3 Å². The molecular formula is C11H14O2. The molecule has 0 heterocycles. The SMILES string of the molecule is Cc1ccccc1OC(C)(C)C=O. The third-order valence-electron chi connectivity index (χ3n) is 1.75. The van der Waals surface area contributed by atoms with E-state index in [1.54, 1.807) is 13.8 Å². The molecule has 0 aliphatic rings. The van der Waals surface area contributed by atoms with Gasteiger partial charge < -0.3 is 4.74 Å². The molecule has 70 valence electrons. The Hall–Kier alpha value is -1.31. The molecule has 0 atom stereocenters. The fraction of sp³-hybridized carbons (Fsp3) is 0.364. The summed E-state index contributed by atoms with van der Waals surface area (Å²) in [6.07, 6.45) is 0.805. The fourth-order valence-electron chi connectivity index (χ4n) is 0.978. The number of para-hydroxylation sites is 1. The average Bonchev–Trinajstić information content (AvgIpc) is 2.09. The van der Waals surface area contributed by atoms with Gasteiger partial charge >= 0.3 is 0 Å². The summed E-state index contributed by atoms with van der Waals surface area (Å²) in [4.78, 5) is 10.6. The second kappa shape index (κ2) is 3.60. The molecule has 13 heavy (non-hydrogen) atoms. The van der Waals surface area contributed by atoms with Crippen molar-refractivity contribution in [3.8, 4) is 5.75 Å². The van der Waals surface area contributed by atoms with Crippen molar-refractivity contribution in [1.82, 2.24) is 0 Å². The van der Waals surface area contributed by atoms with E-state index in [-0.39, 0.29) is 0 Å². The van der Waals surface area contributed by atoms with E-state index >= 15 is 0 Å².